The monoisotopic (exact) mass is 484 g/mol. The predicted molar refractivity (Wildman–Crippen MR) is 111 cm³/mol. The number of rotatable bonds is 2. The van der Waals surface area contributed by atoms with Gasteiger partial charge in [0.25, 0.3) is 0 Å². The predicted octanol–water partition coefficient (Wildman–Crippen LogP) is 4.72. The zero-order valence-electron chi connectivity index (χ0n) is 13.7. The van der Waals surface area contributed by atoms with Crippen molar-refractivity contribution in [2.45, 2.75) is 0 Å². The molecule has 7 heteroatoms. The summed E-state index contributed by atoms with van der Waals surface area (Å²) in [5.41, 5.74) is 1.24. The maximum absolute atomic E-state index is 14.8. The molecule has 4 rings (SSSR count). The molecule has 1 aliphatic heterocycles. The van der Waals surface area contributed by atoms with Gasteiger partial charge < -0.3 is 9.32 Å². The second kappa shape index (κ2) is 7.17. The fourth-order valence-corrected chi connectivity index (χ4v) is 3.82. The van der Waals surface area contributed by atoms with Crippen molar-refractivity contribution >= 4 is 51.1 Å². The third-order valence-corrected chi connectivity index (χ3v) is 5.84. The molecule has 26 heavy (non-hydrogen) atoms. The molecule has 0 unspecified atom stereocenters. The van der Waals surface area contributed by atoms with Crippen LogP contribution in [0, 0.1) is 5.82 Å². The van der Waals surface area contributed by atoms with Crippen LogP contribution in [0.3, 0.4) is 0 Å². The maximum Gasteiger partial charge on any atom is 0.344 e. The molecule has 0 spiro atoms. The minimum Gasteiger partial charge on any atom is -0.422 e. The van der Waals surface area contributed by atoms with E-state index in [4.69, 9.17) is 16.0 Å². The fraction of sp³-hybridized carbons (Fsp3) is 0.211. The first-order valence-electron chi connectivity index (χ1n) is 8.21. The normalized spacial score (nSPS) is 15.6. The van der Waals surface area contributed by atoms with Gasteiger partial charge in [-0.2, -0.15) is 0 Å². The average molecular weight is 485 g/mol. The van der Waals surface area contributed by atoms with E-state index in [0.717, 1.165) is 31.9 Å². The molecule has 1 saturated heterocycles. The molecule has 0 bridgehead atoms. The number of fused-ring (bicyclic) bond motifs is 1. The van der Waals surface area contributed by atoms with Gasteiger partial charge in [-0.3, -0.25) is 0 Å². The third-order valence-electron chi connectivity index (χ3n) is 4.54. The molecule has 2 aromatic carbocycles. The Morgan fingerprint density at radius 2 is 1.77 bits per heavy atom. The highest BCUT2D eigenvalue weighted by Gasteiger charge is 2.19. The van der Waals surface area contributed by atoms with Gasteiger partial charge in [0.1, 0.15) is 11.4 Å². The molecular formula is C19H15ClFIN2O2. The summed E-state index contributed by atoms with van der Waals surface area (Å²) in [6.45, 7) is 3.40. The highest BCUT2D eigenvalue weighted by atomic mass is 127. The van der Waals surface area contributed by atoms with Crippen LogP contribution in [0.2, 0.25) is 5.02 Å². The van der Waals surface area contributed by atoms with Crippen molar-refractivity contribution in [3.05, 3.63) is 63.7 Å². The van der Waals surface area contributed by atoms with E-state index < -0.39 is 11.4 Å². The summed E-state index contributed by atoms with van der Waals surface area (Å²) in [6, 6.07) is 11.7. The van der Waals surface area contributed by atoms with E-state index in [0.29, 0.717) is 10.6 Å². The molecule has 0 N–H and O–H groups in total. The molecule has 1 aromatic heterocycles. The summed E-state index contributed by atoms with van der Waals surface area (Å²) in [7, 11) is 0. The Hall–Kier alpha value is -1.64. The highest BCUT2D eigenvalue weighted by Crippen LogP contribution is 2.31. The van der Waals surface area contributed by atoms with E-state index in [1.807, 2.05) is 0 Å². The van der Waals surface area contributed by atoms with Gasteiger partial charge in [-0.15, -0.1) is 0 Å². The number of anilines is 1. The molecule has 4 nitrogen and oxygen atoms in total. The molecule has 3 aromatic rings. The second-order valence-electron chi connectivity index (χ2n) is 6.16. The van der Waals surface area contributed by atoms with E-state index >= 15 is 0 Å². The van der Waals surface area contributed by atoms with Crippen LogP contribution in [0.5, 0.6) is 0 Å². The van der Waals surface area contributed by atoms with Gasteiger partial charge in [0, 0.05) is 71.4 Å². The first kappa shape index (κ1) is 17.8. The quantitative estimate of drug-likeness (QED) is 0.300. The van der Waals surface area contributed by atoms with Crippen molar-refractivity contribution in [1.29, 1.82) is 0 Å². The summed E-state index contributed by atoms with van der Waals surface area (Å²) in [5.74, 6) is -0.411. The standard InChI is InChI=1S/C19H15ClFIN2O2/c20-16-4-2-1-3-13(16)14-11-15-17(21)9-12(10-18(15)26-19(14)25)23-5-7-24(22)8-6-23/h1-4,9-11H,5-8H2. The summed E-state index contributed by atoms with van der Waals surface area (Å²) in [5, 5.41) is 0.698. The van der Waals surface area contributed by atoms with Crippen molar-refractivity contribution in [3.8, 4) is 11.1 Å². The first-order valence-corrected chi connectivity index (χ1v) is 9.55. The van der Waals surface area contributed by atoms with Crippen LogP contribution in [0.15, 0.2) is 51.7 Å². The molecular weight excluding hydrogens is 470 g/mol. The number of halogens is 3. The molecule has 0 radical (unpaired) electrons. The zero-order valence-corrected chi connectivity index (χ0v) is 16.6. The number of piperazine rings is 1. The van der Waals surface area contributed by atoms with Gasteiger partial charge in [0.15, 0.2) is 0 Å². The van der Waals surface area contributed by atoms with Crippen molar-refractivity contribution in [2.24, 2.45) is 0 Å². The molecule has 0 atom stereocenters. The summed E-state index contributed by atoms with van der Waals surface area (Å²) in [6.07, 6.45) is 0. The van der Waals surface area contributed by atoms with Gasteiger partial charge in [-0.1, -0.05) is 29.8 Å². The zero-order chi connectivity index (χ0) is 18.3. The average Bonchev–Trinajstić information content (AvgIpc) is 2.62. The van der Waals surface area contributed by atoms with E-state index in [2.05, 4.69) is 30.9 Å². The lowest BCUT2D eigenvalue weighted by molar-refractivity contribution is 0.460. The van der Waals surface area contributed by atoms with Crippen molar-refractivity contribution < 1.29 is 8.81 Å². The Balaban J connectivity index is 1.81. The SMILES string of the molecule is O=c1oc2cc(N3CCN(I)CC3)cc(F)c2cc1-c1ccccc1Cl. The van der Waals surface area contributed by atoms with Crippen LogP contribution in [0.25, 0.3) is 22.1 Å². The largest absolute Gasteiger partial charge is 0.422 e. The number of benzene rings is 2. The molecule has 1 aliphatic rings. The lowest BCUT2D eigenvalue weighted by atomic mass is 10.1. The van der Waals surface area contributed by atoms with Crippen LogP contribution >= 0.6 is 34.5 Å². The highest BCUT2D eigenvalue weighted by molar-refractivity contribution is 14.1. The van der Waals surface area contributed by atoms with Crippen molar-refractivity contribution in [1.82, 2.24) is 3.11 Å². The van der Waals surface area contributed by atoms with Crippen LogP contribution in [0.4, 0.5) is 10.1 Å². The Morgan fingerprint density at radius 3 is 2.50 bits per heavy atom. The van der Waals surface area contributed by atoms with Crippen LogP contribution in [0.1, 0.15) is 0 Å². The summed E-state index contributed by atoms with van der Waals surface area (Å²) >= 11 is 8.46. The van der Waals surface area contributed by atoms with E-state index in [1.54, 1.807) is 30.3 Å². The Kier molecular flexibility index (Phi) is 4.90. The van der Waals surface area contributed by atoms with E-state index in [9.17, 15) is 9.18 Å². The van der Waals surface area contributed by atoms with Gasteiger partial charge in [0.05, 0.1) is 10.9 Å². The van der Waals surface area contributed by atoms with Gasteiger partial charge in [-0.25, -0.2) is 12.3 Å². The fourth-order valence-electron chi connectivity index (χ4n) is 3.15. The molecule has 0 aliphatic carbocycles. The number of nitrogens with zero attached hydrogens (tertiary/aromatic N) is 2. The summed E-state index contributed by atoms with van der Waals surface area (Å²) in [4.78, 5) is 14.6. The van der Waals surface area contributed by atoms with Crippen LogP contribution < -0.4 is 10.5 Å². The lowest BCUT2D eigenvalue weighted by Crippen LogP contribution is -2.42. The maximum atomic E-state index is 14.8. The van der Waals surface area contributed by atoms with E-state index in [1.165, 1.54) is 12.1 Å². The van der Waals surface area contributed by atoms with Crippen molar-refractivity contribution in [2.75, 3.05) is 31.1 Å². The van der Waals surface area contributed by atoms with Gasteiger partial charge in [-0.05, 0) is 18.2 Å². The number of hydrogen-bond donors (Lipinski definition) is 0. The molecule has 134 valence electrons. The molecule has 2 heterocycles. The van der Waals surface area contributed by atoms with Gasteiger partial charge in [0.2, 0.25) is 0 Å². The first-order chi connectivity index (χ1) is 12.5. The minimum absolute atomic E-state index is 0.248. The molecule has 0 amide bonds. The number of hydrogen-bond acceptors (Lipinski definition) is 4. The molecule has 1 fully saturated rings. The Morgan fingerprint density at radius 1 is 1.04 bits per heavy atom. The van der Waals surface area contributed by atoms with E-state index in [-0.39, 0.29) is 16.5 Å². The second-order valence-corrected chi connectivity index (χ2v) is 7.94. The van der Waals surface area contributed by atoms with Gasteiger partial charge >= 0.3 is 5.63 Å². The lowest BCUT2D eigenvalue weighted by Gasteiger charge is -2.33. The summed E-state index contributed by atoms with van der Waals surface area (Å²) < 4.78 is 22.4. The Bertz CT molecular complexity index is 1030. The Labute approximate surface area is 168 Å². The molecule has 0 saturated carbocycles. The van der Waals surface area contributed by atoms with Crippen LogP contribution in [-0.2, 0) is 0 Å². The van der Waals surface area contributed by atoms with Crippen LogP contribution in [-0.4, -0.2) is 29.3 Å². The topological polar surface area (TPSA) is 36.7 Å². The van der Waals surface area contributed by atoms with Crippen molar-refractivity contribution in [3.63, 3.8) is 0 Å². The third kappa shape index (κ3) is 3.33. The smallest absolute Gasteiger partial charge is 0.344 e. The minimum atomic E-state index is -0.528.